The summed E-state index contributed by atoms with van der Waals surface area (Å²) < 4.78 is 34.6. The number of ether oxygens (including phenoxy) is 1. The minimum Gasteiger partial charge on any atom is -0.493 e. The Bertz CT molecular complexity index is 1080. The van der Waals surface area contributed by atoms with Gasteiger partial charge in [0.05, 0.1) is 22.6 Å². The number of hydrogen-bond donors (Lipinski definition) is 2. The maximum Gasteiger partial charge on any atom is 0.221 e. The molecule has 0 fully saturated rings. The Morgan fingerprint density at radius 1 is 1.16 bits per heavy atom. The summed E-state index contributed by atoms with van der Waals surface area (Å²) in [6.45, 7) is 2.14. The van der Waals surface area contributed by atoms with E-state index in [0.717, 1.165) is 14.6 Å². The zero-order valence-electron chi connectivity index (χ0n) is 17.2. The Morgan fingerprint density at radius 2 is 2.00 bits per heavy atom. The van der Waals surface area contributed by atoms with Crippen molar-refractivity contribution in [3.63, 3.8) is 0 Å². The van der Waals surface area contributed by atoms with Crippen LogP contribution in [0.25, 0.3) is 10.2 Å². The van der Waals surface area contributed by atoms with Gasteiger partial charge in [0.2, 0.25) is 15.9 Å². The van der Waals surface area contributed by atoms with Crippen LogP contribution in [-0.2, 0) is 14.8 Å². The lowest BCUT2D eigenvalue weighted by Crippen LogP contribution is -2.28. The molecule has 1 aromatic heterocycles. The summed E-state index contributed by atoms with van der Waals surface area (Å²) in [6, 6.07) is 15.0. The third kappa shape index (κ3) is 8.13. The number of anilines is 1. The van der Waals surface area contributed by atoms with E-state index in [0.29, 0.717) is 43.2 Å². The van der Waals surface area contributed by atoms with Crippen molar-refractivity contribution in [3.8, 4) is 5.75 Å². The van der Waals surface area contributed by atoms with Gasteiger partial charge in [0, 0.05) is 31.0 Å². The van der Waals surface area contributed by atoms with E-state index in [4.69, 9.17) is 4.74 Å². The average Bonchev–Trinajstić information content (AvgIpc) is 3.14. The Labute approximate surface area is 190 Å². The van der Waals surface area contributed by atoms with Crippen molar-refractivity contribution in [2.24, 2.45) is 0 Å². The first-order valence-electron chi connectivity index (χ1n) is 9.87. The van der Waals surface area contributed by atoms with Crippen molar-refractivity contribution in [2.45, 2.75) is 24.1 Å². The highest BCUT2D eigenvalue weighted by molar-refractivity contribution is 8.01. The topological polar surface area (TPSA) is 97.4 Å². The van der Waals surface area contributed by atoms with E-state index in [1.165, 1.54) is 6.92 Å². The second kappa shape index (κ2) is 11.5. The molecule has 0 saturated heterocycles. The molecule has 0 aliphatic carbocycles. The van der Waals surface area contributed by atoms with Gasteiger partial charge in [-0.15, -0.1) is 11.3 Å². The minimum atomic E-state index is -3.31. The van der Waals surface area contributed by atoms with E-state index in [9.17, 15) is 13.2 Å². The number of benzene rings is 2. The molecule has 0 aliphatic rings. The van der Waals surface area contributed by atoms with Gasteiger partial charge < -0.3 is 10.1 Å². The van der Waals surface area contributed by atoms with Crippen LogP contribution in [0.1, 0.15) is 19.8 Å². The molecule has 2 aromatic carbocycles. The molecule has 1 amide bonds. The number of nitrogens with zero attached hydrogens (tertiary/aromatic N) is 1. The van der Waals surface area contributed by atoms with E-state index in [1.54, 1.807) is 47.4 Å². The molecule has 0 saturated carbocycles. The SMILES string of the molecule is CC(=O)Nc1cccc(OCCCNS(=O)(=O)CCCSc2nc3ccccc3s2)c1. The fourth-order valence-corrected chi connectivity index (χ4v) is 6.14. The smallest absolute Gasteiger partial charge is 0.221 e. The van der Waals surface area contributed by atoms with Gasteiger partial charge in [-0.1, -0.05) is 30.0 Å². The van der Waals surface area contributed by atoms with Crippen LogP contribution in [0.5, 0.6) is 5.75 Å². The molecule has 2 N–H and O–H groups in total. The number of rotatable bonds is 12. The van der Waals surface area contributed by atoms with Crippen LogP contribution in [0.2, 0.25) is 0 Å². The molecular weight excluding hydrogens is 454 g/mol. The number of para-hydroxylation sites is 1. The summed E-state index contributed by atoms with van der Waals surface area (Å²) in [7, 11) is -3.31. The fraction of sp³-hybridized carbons (Fsp3) is 0.333. The number of sulfonamides is 1. The zero-order chi connectivity index (χ0) is 22.1. The van der Waals surface area contributed by atoms with Crippen molar-refractivity contribution < 1.29 is 17.9 Å². The number of thiazole rings is 1. The molecule has 3 aromatic rings. The van der Waals surface area contributed by atoms with Crippen LogP contribution >= 0.6 is 23.1 Å². The fourth-order valence-electron chi connectivity index (χ4n) is 2.75. The van der Waals surface area contributed by atoms with Crippen molar-refractivity contribution in [3.05, 3.63) is 48.5 Å². The van der Waals surface area contributed by atoms with E-state index in [-0.39, 0.29) is 11.7 Å². The number of nitrogens with one attached hydrogen (secondary N) is 2. The van der Waals surface area contributed by atoms with Gasteiger partial charge in [0.15, 0.2) is 4.34 Å². The summed E-state index contributed by atoms with van der Waals surface area (Å²) in [5, 5.41) is 2.69. The number of carbonyl (C=O) groups is 1. The molecular formula is C21H25N3O4S3. The van der Waals surface area contributed by atoms with Gasteiger partial charge in [0.1, 0.15) is 5.75 Å². The lowest BCUT2D eigenvalue weighted by Gasteiger charge is -2.09. The monoisotopic (exact) mass is 479 g/mol. The number of hydrogen-bond acceptors (Lipinski definition) is 7. The second-order valence-corrected chi connectivity index (χ2v) is 11.1. The van der Waals surface area contributed by atoms with Crippen LogP contribution in [0.4, 0.5) is 5.69 Å². The Hall–Kier alpha value is -2.14. The maximum atomic E-state index is 12.1. The van der Waals surface area contributed by atoms with Gasteiger partial charge in [-0.3, -0.25) is 4.79 Å². The van der Waals surface area contributed by atoms with Gasteiger partial charge in [-0.05, 0) is 37.1 Å². The van der Waals surface area contributed by atoms with Crippen molar-refractivity contribution in [1.82, 2.24) is 9.71 Å². The van der Waals surface area contributed by atoms with E-state index < -0.39 is 10.0 Å². The zero-order valence-corrected chi connectivity index (χ0v) is 19.6. The number of carbonyl (C=O) groups excluding carboxylic acids is 1. The lowest BCUT2D eigenvalue weighted by molar-refractivity contribution is -0.114. The molecule has 0 bridgehead atoms. The van der Waals surface area contributed by atoms with Gasteiger partial charge >= 0.3 is 0 Å². The predicted molar refractivity (Wildman–Crippen MR) is 128 cm³/mol. The van der Waals surface area contributed by atoms with Crippen molar-refractivity contribution in [2.75, 3.05) is 30.0 Å². The molecule has 0 aliphatic heterocycles. The number of aromatic nitrogens is 1. The molecule has 0 radical (unpaired) electrons. The van der Waals surface area contributed by atoms with Gasteiger partial charge in [0.25, 0.3) is 0 Å². The minimum absolute atomic E-state index is 0.0878. The molecule has 7 nitrogen and oxygen atoms in total. The molecule has 3 rings (SSSR count). The van der Waals surface area contributed by atoms with E-state index in [1.807, 2.05) is 24.3 Å². The average molecular weight is 480 g/mol. The van der Waals surface area contributed by atoms with E-state index >= 15 is 0 Å². The van der Waals surface area contributed by atoms with Gasteiger partial charge in [-0.2, -0.15) is 0 Å². The normalized spacial score (nSPS) is 11.5. The van der Waals surface area contributed by atoms with Crippen LogP contribution in [-0.4, -0.2) is 44.0 Å². The van der Waals surface area contributed by atoms with Crippen molar-refractivity contribution >= 4 is 54.9 Å². The maximum absolute atomic E-state index is 12.1. The molecule has 0 spiro atoms. The molecule has 0 atom stereocenters. The molecule has 1 heterocycles. The molecule has 10 heteroatoms. The van der Waals surface area contributed by atoms with Crippen LogP contribution in [0.15, 0.2) is 52.9 Å². The van der Waals surface area contributed by atoms with Crippen LogP contribution in [0, 0.1) is 0 Å². The summed E-state index contributed by atoms with van der Waals surface area (Å²) in [4.78, 5) is 15.6. The number of thioether (sulfide) groups is 1. The highest BCUT2D eigenvalue weighted by atomic mass is 32.2. The lowest BCUT2D eigenvalue weighted by atomic mass is 10.3. The summed E-state index contributed by atoms with van der Waals surface area (Å²) in [5.74, 6) is 1.27. The molecule has 31 heavy (non-hydrogen) atoms. The third-order valence-corrected chi connectivity index (χ3v) is 7.86. The highest BCUT2D eigenvalue weighted by Gasteiger charge is 2.10. The Kier molecular flexibility index (Phi) is 8.70. The largest absolute Gasteiger partial charge is 0.493 e. The summed E-state index contributed by atoms with van der Waals surface area (Å²) in [6.07, 6.45) is 1.10. The van der Waals surface area contributed by atoms with E-state index in [2.05, 4.69) is 15.0 Å². The summed E-state index contributed by atoms with van der Waals surface area (Å²) in [5.41, 5.74) is 1.64. The Morgan fingerprint density at radius 3 is 2.81 bits per heavy atom. The first-order valence-corrected chi connectivity index (χ1v) is 13.3. The quantitative estimate of drug-likeness (QED) is 0.300. The summed E-state index contributed by atoms with van der Waals surface area (Å²) >= 11 is 3.22. The Balaban J connectivity index is 1.30. The number of fused-ring (bicyclic) bond motifs is 1. The molecule has 166 valence electrons. The van der Waals surface area contributed by atoms with Gasteiger partial charge in [-0.25, -0.2) is 18.1 Å². The van der Waals surface area contributed by atoms with Crippen LogP contribution in [0.3, 0.4) is 0 Å². The molecule has 0 unspecified atom stereocenters. The number of amides is 1. The highest BCUT2D eigenvalue weighted by Crippen LogP contribution is 2.29. The van der Waals surface area contributed by atoms with Crippen LogP contribution < -0.4 is 14.8 Å². The first-order chi connectivity index (χ1) is 14.9. The predicted octanol–water partition coefficient (Wildman–Crippen LogP) is 4.13. The third-order valence-electron chi connectivity index (χ3n) is 4.12. The first kappa shape index (κ1) is 23.5. The standard InChI is InChI=1S/C21H25N3O4S3/c1-16(25)23-17-7-4-8-18(15-17)28-12-5-11-22-31(26,27)14-6-13-29-21-24-19-9-2-3-10-20(19)30-21/h2-4,7-10,15,22H,5-6,11-14H2,1H3,(H,23,25). The second-order valence-electron chi connectivity index (χ2n) is 6.77. The van der Waals surface area contributed by atoms with Crippen molar-refractivity contribution in [1.29, 1.82) is 0 Å².